The predicted octanol–water partition coefficient (Wildman–Crippen LogP) is 7.19. The molecule has 4 nitrogen and oxygen atoms in total. The van der Waals surface area contributed by atoms with Crippen LogP contribution >= 0.6 is 0 Å². The topological polar surface area (TPSA) is 51.2 Å². The van der Waals surface area contributed by atoms with E-state index in [1.54, 1.807) is 6.07 Å². The molecule has 2 aromatic carbocycles. The van der Waals surface area contributed by atoms with Gasteiger partial charge in [-0.15, -0.1) is 0 Å². The average molecular weight is 440 g/mol. The van der Waals surface area contributed by atoms with Gasteiger partial charge in [-0.25, -0.2) is 0 Å². The summed E-state index contributed by atoms with van der Waals surface area (Å²) < 4.78 is 45.6. The fourth-order valence-corrected chi connectivity index (χ4v) is 3.96. The van der Waals surface area contributed by atoms with Gasteiger partial charge in [0.2, 0.25) is 0 Å². The number of hydrogen-bond donors (Lipinski definition) is 1. The summed E-state index contributed by atoms with van der Waals surface area (Å²) >= 11 is 0. The van der Waals surface area contributed by atoms with E-state index in [4.69, 9.17) is 4.74 Å². The molecule has 3 aromatic rings. The first-order valence-corrected chi connectivity index (χ1v) is 10.6. The third-order valence-corrected chi connectivity index (χ3v) is 5.66. The van der Waals surface area contributed by atoms with Gasteiger partial charge in [0.25, 0.3) is 5.91 Å². The van der Waals surface area contributed by atoms with Crippen LogP contribution in [-0.2, 0) is 6.18 Å². The third-order valence-electron chi connectivity index (χ3n) is 5.66. The summed E-state index contributed by atoms with van der Waals surface area (Å²) in [6.07, 6.45) is 4.38. The molecule has 1 aromatic heterocycles. The summed E-state index contributed by atoms with van der Waals surface area (Å²) in [4.78, 5) is 16.4. The van der Waals surface area contributed by atoms with Crippen LogP contribution in [0.15, 0.2) is 67.0 Å². The zero-order chi connectivity index (χ0) is 22.6. The van der Waals surface area contributed by atoms with Crippen molar-refractivity contribution in [1.82, 2.24) is 4.98 Å². The fourth-order valence-electron chi connectivity index (χ4n) is 3.96. The highest BCUT2D eigenvalue weighted by atomic mass is 19.4. The molecule has 0 radical (unpaired) electrons. The number of halogens is 3. The average Bonchev–Trinajstić information content (AvgIpc) is 2.81. The van der Waals surface area contributed by atoms with Crippen LogP contribution in [0.2, 0.25) is 0 Å². The maximum atomic E-state index is 13.2. The molecule has 1 fully saturated rings. The number of ether oxygens (including phenoxy) is 1. The van der Waals surface area contributed by atoms with E-state index < -0.39 is 17.6 Å². The van der Waals surface area contributed by atoms with Crippen LogP contribution in [0.5, 0.6) is 11.5 Å². The van der Waals surface area contributed by atoms with Gasteiger partial charge in [0.05, 0.1) is 16.8 Å². The summed E-state index contributed by atoms with van der Waals surface area (Å²) in [6, 6.07) is 13.8. The number of carbonyl (C=O) groups excluding carboxylic acids is 1. The molecule has 32 heavy (non-hydrogen) atoms. The van der Waals surface area contributed by atoms with Gasteiger partial charge in [0, 0.05) is 12.4 Å². The monoisotopic (exact) mass is 440 g/mol. The van der Waals surface area contributed by atoms with Crippen LogP contribution in [0.3, 0.4) is 0 Å². The minimum absolute atomic E-state index is 0.0648. The molecule has 0 bridgehead atoms. The van der Waals surface area contributed by atoms with Crippen molar-refractivity contribution in [3.8, 4) is 11.5 Å². The molecule has 1 heterocycles. The van der Waals surface area contributed by atoms with Gasteiger partial charge in [-0.2, -0.15) is 13.2 Å². The number of aromatic nitrogens is 1. The highest BCUT2D eigenvalue weighted by Gasteiger charge is 2.31. The maximum Gasteiger partial charge on any atom is 0.416 e. The second-order valence-corrected chi connectivity index (χ2v) is 7.91. The number of carbonyl (C=O) groups is 1. The summed E-state index contributed by atoms with van der Waals surface area (Å²) in [7, 11) is 0. The minimum Gasteiger partial charge on any atom is -0.455 e. The van der Waals surface area contributed by atoms with Crippen molar-refractivity contribution in [2.45, 2.75) is 44.2 Å². The van der Waals surface area contributed by atoms with Gasteiger partial charge in [0.15, 0.2) is 5.75 Å². The number of alkyl halides is 3. The first-order valence-electron chi connectivity index (χ1n) is 10.6. The number of pyridine rings is 1. The summed E-state index contributed by atoms with van der Waals surface area (Å²) in [5.41, 5.74) is 0.534. The number of nitrogens with one attached hydrogen (secondary N) is 1. The van der Waals surface area contributed by atoms with Gasteiger partial charge >= 0.3 is 6.18 Å². The normalized spacial score (nSPS) is 14.7. The Morgan fingerprint density at radius 2 is 1.75 bits per heavy atom. The molecule has 0 aliphatic heterocycles. The summed E-state index contributed by atoms with van der Waals surface area (Å²) in [5, 5.41) is 2.52. The summed E-state index contributed by atoms with van der Waals surface area (Å²) in [6.45, 7) is 0. The molecule has 0 unspecified atom stereocenters. The standard InChI is InChI=1S/C25H23F3N2O2/c26-25(27,28)20-10-13-23(22(15-20)30-24(31)19-7-4-14-29-16-19)32-21-11-8-18(9-12-21)17-5-2-1-3-6-17/h4,7-17H,1-3,5-6H2,(H,30,31). The van der Waals surface area contributed by atoms with E-state index in [2.05, 4.69) is 10.3 Å². The van der Waals surface area contributed by atoms with Crippen LogP contribution in [0.4, 0.5) is 18.9 Å². The molecule has 1 saturated carbocycles. The van der Waals surface area contributed by atoms with E-state index in [0.29, 0.717) is 11.7 Å². The molecule has 166 valence electrons. The Morgan fingerprint density at radius 3 is 2.41 bits per heavy atom. The Bertz CT molecular complexity index is 1060. The molecule has 1 amide bonds. The maximum absolute atomic E-state index is 13.2. The van der Waals surface area contributed by atoms with Gasteiger partial charge in [-0.3, -0.25) is 9.78 Å². The highest BCUT2D eigenvalue weighted by Crippen LogP contribution is 2.38. The SMILES string of the molecule is O=C(Nc1cc(C(F)(F)F)ccc1Oc1ccc(C2CCCCC2)cc1)c1cccnc1. The highest BCUT2D eigenvalue weighted by molar-refractivity contribution is 6.04. The molecule has 1 aliphatic rings. The van der Waals surface area contributed by atoms with Gasteiger partial charge in [-0.1, -0.05) is 31.4 Å². The van der Waals surface area contributed by atoms with Crippen molar-refractivity contribution in [3.05, 3.63) is 83.7 Å². The van der Waals surface area contributed by atoms with Crippen molar-refractivity contribution in [1.29, 1.82) is 0 Å². The van der Waals surface area contributed by atoms with Crippen molar-refractivity contribution in [2.75, 3.05) is 5.32 Å². The smallest absolute Gasteiger partial charge is 0.416 e. The van der Waals surface area contributed by atoms with E-state index >= 15 is 0 Å². The van der Waals surface area contributed by atoms with E-state index in [0.717, 1.165) is 12.1 Å². The Labute approximate surface area is 184 Å². The van der Waals surface area contributed by atoms with Gasteiger partial charge < -0.3 is 10.1 Å². The second kappa shape index (κ2) is 9.42. The van der Waals surface area contributed by atoms with Crippen molar-refractivity contribution in [2.24, 2.45) is 0 Å². The molecular weight excluding hydrogens is 417 g/mol. The van der Waals surface area contributed by atoms with Gasteiger partial charge in [0.1, 0.15) is 5.75 Å². The van der Waals surface area contributed by atoms with E-state index in [1.165, 1.54) is 62.2 Å². The first-order chi connectivity index (χ1) is 15.4. The first kappa shape index (κ1) is 21.9. The Balaban J connectivity index is 1.57. The molecular formula is C25H23F3N2O2. The fraction of sp³-hybridized carbons (Fsp3) is 0.280. The van der Waals surface area contributed by atoms with E-state index in [-0.39, 0.29) is 17.0 Å². The molecule has 0 saturated heterocycles. The van der Waals surface area contributed by atoms with Crippen LogP contribution < -0.4 is 10.1 Å². The largest absolute Gasteiger partial charge is 0.455 e. The lowest BCUT2D eigenvalue weighted by Crippen LogP contribution is -2.14. The number of nitrogens with zero attached hydrogens (tertiary/aromatic N) is 1. The van der Waals surface area contributed by atoms with E-state index in [1.807, 2.05) is 24.3 Å². The van der Waals surface area contributed by atoms with Crippen LogP contribution in [0.1, 0.15) is 59.5 Å². The minimum atomic E-state index is -4.55. The van der Waals surface area contributed by atoms with Crippen LogP contribution in [0, 0.1) is 0 Å². The number of anilines is 1. The lowest BCUT2D eigenvalue weighted by atomic mass is 9.84. The van der Waals surface area contributed by atoms with Crippen molar-refractivity contribution < 1.29 is 22.7 Å². The predicted molar refractivity (Wildman–Crippen MR) is 116 cm³/mol. The van der Waals surface area contributed by atoms with Crippen LogP contribution in [-0.4, -0.2) is 10.9 Å². The number of benzene rings is 2. The van der Waals surface area contributed by atoms with Crippen molar-refractivity contribution >= 4 is 11.6 Å². The Kier molecular flexibility index (Phi) is 6.44. The number of hydrogen-bond acceptors (Lipinski definition) is 3. The number of amides is 1. The molecule has 4 rings (SSSR count). The molecule has 7 heteroatoms. The molecule has 0 atom stereocenters. The molecule has 1 N–H and O–H groups in total. The van der Waals surface area contributed by atoms with E-state index in [9.17, 15) is 18.0 Å². The molecule has 0 spiro atoms. The lowest BCUT2D eigenvalue weighted by molar-refractivity contribution is -0.137. The van der Waals surface area contributed by atoms with Gasteiger partial charge in [-0.05, 0) is 66.8 Å². The van der Waals surface area contributed by atoms with Crippen molar-refractivity contribution in [3.63, 3.8) is 0 Å². The number of rotatable bonds is 5. The lowest BCUT2D eigenvalue weighted by Gasteiger charge is -2.22. The summed E-state index contributed by atoms with van der Waals surface area (Å²) in [5.74, 6) is 0.579. The zero-order valence-electron chi connectivity index (χ0n) is 17.4. The zero-order valence-corrected chi connectivity index (χ0v) is 17.4. The third kappa shape index (κ3) is 5.28. The Morgan fingerprint density at radius 1 is 1.00 bits per heavy atom. The second-order valence-electron chi connectivity index (χ2n) is 7.91. The van der Waals surface area contributed by atoms with Crippen LogP contribution in [0.25, 0.3) is 0 Å². The molecule has 1 aliphatic carbocycles. The Hall–Kier alpha value is -3.35. The quantitative estimate of drug-likeness (QED) is 0.457.